The van der Waals surface area contributed by atoms with Gasteiger partial charge in [-0.3, -0.25) is 4.98 Å². The highest BCUT2D eigenvalue weighted by molar-refractivity contribution is 5.37. The second kappa shape index (κ2) is 6.14. The van der Waals surface area contributed by atoms with Crippen LogP contribution in [-0.4, -0.2) is 35.6 Å². The van der Waals surface area contributed by atoms with Crippen LogP contribution in [0.15, 0.2) is 6.20 Å². The smallest absolute Gasteiger partial charge is 0.147 e. The van der Waals surface area contributed by atoms with E-state index < -0.39 is 0 Å². The third-order valence-corrected chi connectivity index (χ3v) is 3.60. The summed E-state index contributed by atoms with van der Waals surface area (Å²) in [5.41, 5.74) is 2.06. The van der Waals surface area contributed by atoms with Crippen molar-refractivity contribution in [2.45, 2.75) is 46.1 Å². The highest BCUT2D eigenvalue weighted by Gasteiger charge is 2.18. The summed E-state index contributed by atoms with van der Waals surface area (Å²) < 4.78 is 0. The molecule has 1 N–H and O–H groups in total. The molecule has 0 bridgehead atoms. The molecule has 4 heteroatoms. The summed E-state index contributed by atoms with van der Waals surface area (Å²) >= 11 is 0. The molecule has 2 rings (SSSR count). The summed E-state index contributed by atoms with van der Waals surface area (Å²) in [6.07, 6.45) is 5.62. The van der Waals surface area contributed by atoms with Crippen molar-refractivity contribution >= 4 is 5.82 Å². The zero-order chi connectivity index (χ0) is 13.0. The van der Waals surface area contributed by atoms with E-state index in [4.69, 9.17) is 0 Å². The Bertz CT molecular complexity index is 385. The Labute approximate surface area is 110 Å². The van der Waals surface area contributed by atoms with E-state index in [9.17, 15) is 0 Å². The van der Waals surface area contributed by atoms with E-state index in [1.807, 2.05) is 20.0 Å². The first-order chi connectivity index (χ1) is 8.70. The van der Waals surface area contributed by atoms with E-state index in [1.165, 1.54) is 12.8 Å². The van der Waals surface area contributed by atoms with E-state index >= 15 is 0 Å². The molecule has 0 aliphatic carbocycles. The fourth-order valence-corrected chi connectivity index (χ4v) is 2.43. The molecule has 1 unspecified atom stereocenters. The van der Waals surface area contributed by atoms with Gasteiger partial charge in [0, 0.05) is 19.1 Å². The summed E-state index contributed by atoms with van der Waals surface area (Å²) in [7, 11) is 0. The third-order valence-electron chi connectivity index (χ3n) is 3.60. The molecule has 1 aromatic heterocycles. The number of hydrogen-bond acceptors (Lipinski definition) is 4. The normalized spacial score (nSPS) is 19.2. The highest BCUT2D eigenvalue weighted by atomic mass is 15.2. The molecule has 1 saturated heterocycles. The molecule has 4 nitrogen and oxygen atoms in total. The lowest BCUT2D eigenvalue weighted by atomic mass is 10.2. The second-order valence-corrected chi connectivity index (χ2v) is 5.14. The molecule has 2 heterocycles. The maximum atomic E-state index is 4.67. The van der Waals surface area contributed by atoms with Gasteiger partial charge in [-0.1, -0.05) is 6.92 Å². The third kappa shape index (κ3) is 3.19. The molecule has 1 aliphatic heterocycles. The van der Waals surface area contributed by atoms with Crippen LogP contribution in [0.1, 0.15) is 37.6 Å². The first-order valence-electron chi connectivity index (χ1n) is 6.99. The average molecular weight is 248 g/mol. The Morgan fingerprint density at radius 3 is 2.83 bits per heavy atom. The van der Waals surface area contributed by atoms with E-state index in [1.54, 1.807) is 0 Å². The van der Waals surface area contributed by atoms with Crippen LogP contribution in [0, 0.1) is 13.8 Å². The maximum absolute atomic E-state index is 4.67. The molecule has 0 saturated carbocycles. The molecule has 0 spiro atoms. The zero-order valence-corrected chi connectivity index (χ0v) is 11.7. The van der Waals surface area contributed by atoms with Crippen LogP contribution in [0.3, 0.4) is 0 Å². The topological polar surface area (TPSA) is 41.0 Å². The van der Waals surface area contributed by atoms with Gasteiger partial charge in [-0.25, -0.2) is 4.98 Å². The van der Waals surface area contributed by atoms with Gasteiger partial charge in [0.2, 0.25) is 0 Å². The molecule has 0 radical (unpaired) electrons. The first-order valence-corrected chi connectivity index (χ1v) is 6.99. The van der Waals surface area contributed by atoms with E-state index in [2.05, 4.69) is 27.1 Å². The molecule has 1 aliphatic rings. The second-order valence-electron chi connectivity index (χ2n) is 5.14. The van der Waals surface area contributed by atoms with Gasteiger partial charge in [-0.15, -0.1) is 0 Å². The number of hydrogen-bond donors (Lipinski definition) is 1. The van der Waals surface area contributed by atoms with Crippen molar-refractivity contribution in [2.75, 3.05) is 24.5 Å². The quantitative estimate of drug-likeness (QED) is 0.866. The predicted molar refractivity (Wildman–Crippen MR) is 75.0 cm³/mol. The van der Waals surface area contributed by atoms with E-state index in [0.717, 1.165) is 43.3 Å². The zero-order valence-electron chi connectivity index (χ0n) is 11.7. The number of aryl methyl sites for hydroxylation is 2. The lowest BCUT2D eigenvalue weighted by Gasteiger charge is -2.26. The fourth-order valence-electron chi connectivity index (χ4n) is 2.43. The number of nitrogens with one attached hydrogen (secondary N) is 1. The molecule has 1 fully saturated rings. The Morgan fingerprint density at radius 2 is 2.22 bits per heavy atom. The number of rotatable bonds is 5. The maximum Gasteiger partial charge on any atom is 0.147 e. The SMILES string of the molecule is CCCN(CC1CCCN1)c1cnc(C)c(C)n1. The minimum absolute atomic E-state index is 0.611. The summed E-state index contributed by atoms with van der Waals surface area (Å²) in [5.74, 6) is 1.02. The molecule has 1 atom stereocenters. The van der Waals surface area contributed by atoms with Gasteiger partial charge in [-0.2, -0.15) is 0 Å². The van der Waals surface area contributed by atoms with Crippen LogP contribution in [0.25, 0.3) is 0 Å². The summed E-state index contributed by atoms with van der Waals surface area (Å²) in [5, 5.41) is 3.55. The molecule has 100 valence electrons. The Hall–Kier alpha value is -1.16. The molecular formula is C14H24N4. The van der Waals surface area contributed by atoms with Gasteiger partial charge >= 0.3 is 0 Å². The fraction of sp³-hybridized carbons (Fsp3) is 0.714. The summed E-state index contributed by atoms with van der Waals surface area (Å²) in [4.78, 5) is 11.5. The van der Waals surface area contributed by atoms with Crippen molar-refractivity contribution in [1.29, 1.82) is 0 Å². The summed E-state index contributed by atoms with van der Waals surface area (Å²) in [6.45, 7) is 9.51. The first kappa shape index (κ1) is 13.3. The minimum atomic E-state index is 0.611. The molecular weight excluding hydrogens is 224 g/mol. The van der Waals surface area contributed by atoms with Crippen molar-refractivity contribution in [3.8, 4) is 0 Å². The van der Waals surface area contributed by atoms with Crippen LogP contribution in [0.2, 0.25) is 0 Å². The molecule has 18 heavy (non-hydrogen) atoms. The van der Waals surface area contributed by atoms with Gasteiger partial charge in [0.15, 0.2) is 0 Å². The largest absolute Gasteiger partial charge is 0.354 e. The van der Waals surface area contributed by atoms with Gasteiger partial charge in [-0.05, 0) is 39.7 Å². The Balaban J connectivity index is 2.09. The number of aromatic nitrogens is 2. The monoisotopic (exact) mass is 248 g/mol. The summed E-state index contributed by atoms with van der Waals surface area (Å²) in [6, 6.07) is 0.611. The molecule has 0 amide bonds. The van der Waals surface area contributed by atoms with E-state index in [0.29, 0.717) is 6.04 Å². The van der Waals surface area contributed by atoms with Gasteiger partial charge in [0.1, 0.15) is 5.82 Å². The van der Waals surface area contributed by atoms with Gasteiger partial charge in [0.25, 0.3) is 0 Å². The van der Waals surface area contributed by atoms with Crippen LogP contribution in [0.5, 0.6) is 0 Å². The Morgan fingerprint density at radius 1 is 1.39 bits per heavy atom. The van der Waals surface area contributed by atoms with Crippen LogP contribution in [-0.2, 0) is 0 Å². The lowest BCUT2D eigenvalue weighted by molar-refractivity contribution is 0.574. The van der Waals surface area contributed by atoms with Crippen LogP contribution < -0.4 is 10.2 Å². The average Bonchev–Trinajstić information content (AvgIpc) is 2.85. The van der Waals surface area contributed by atoms with Gasteiger partial charge in [0.05, 0.1) is 17.6 Å². The predicted octanol–water partition coefficient (Wildman–Crippen LogP) is 2.06. The Kier molecular flexibility index (Phi) is 4.53. The number of anilines is 1. The van der Waals surface area contributed by atoms with Crippen molar-refractivity contribution < 1.29 is 0 Å². The standard InChI is InChI=1S/C14H24N4/c1-4-8-18(10-13-6-5-7-15-13)14-9-16-11(2)12(3)17-14/h9,13,15H,4-8,10H2,1-3H3. The van der Waals surface area contributed by atoms with Crippen LogP contribution in [0.4, 0.5) is 5.82 Å². The molecule has 0 aromatic carbocycles. The van der Waals surface area contributed by atoms with Crippen molar-refractivity contribution in [3.63, 3.8) is 0 Å². The molecule has 1 aromatic rings. The van der Waals surface area contributed by atoms with Crippen molar-refractivity contribution in [3.05, 3.63) is 17.6 Å². The minimum Gasteiger partial charge on any atom is -0.354 e. The van der Waals surface area contributed by atoms with Crippen LogP contribution >= 0.6 is 0 Å². The van der Waals surface area contributed by atoms with Crippen molar-refractivity contribution in [1.82, 2.24) is 15.3 Å². The lowest BCUT2D eigenvalue weighted by Crippen LogP contribution is -2.38. The van der Waals surface area contributed by atoms with E-state index in [-0.39, 0.29) is 0 Å². The van der Waals surface area contributed by atoms with Gasteiger partial charge < -0.3 is 10.2 Å². The number of nitrogens with zero attached hydrogens (tertiary/aromatic N) is 3. The highest BCUT2D eigenvalue weighted by Crippen LogP contribution is 2.15. The van der Waals surface area contributed by atoms with Crippen molar-refractivity contribution in [2.24, 2.45) is 0 Å².